The van der Waals surface area contributed by atoms with Crippen LogP contribution in [0.25, 0.3) is 0 Å². The van der Waals surface area contributed by atoms with E-state index in [1.165, 1.54) is 0 Å². The number of benzene rings is 2. The molecule has 0 heterocycles. The maximum absolute atomic E-state index is 11.9. The molecule has 0 bridgehead atoms. The minimum Gasteiger partial charge on any atom is -0.495 e. The van der Waals surface area contributed by atoms with Crippen LogP contribution in [0.3, 0.4) is 0 Å². The van der Waals surface area contributed by atoms with Crippen LogP contribution in [0.1, 0.15) is 11.1 Å². The third-order valence-electron chi connectivity index (χ3n) is 3.19. The standard InChI is InChI=1S/C17H18ClN3O2S/c1-23-15-8-7-13(9-14(15)18)10-16(22)20-21-17(24)19-11-12-5-3-2-4-6-12/h2-9H,10-11H2,1H3,(H,20,22)(H2,19,21,24). The van der Waals surface area contributed by atoms with Crippen molar-refractivity contribution in [3.8, 4) is 5.75 Å². The predicted octanol–water partition coefficient (Wildman–Crippen LogP) is 2.59. The quantitative estimate of drug-likeness (QED) is 0.563. The predicted molar refractivity (Wildman–Crippen MR) is 98.9 cm³/mol. The molecule has 0 fully saturated rings. The third kappa shape index (κ3) is 5.72. The Morgan fingerprint density at radius 3 is 2.54 bits per heavy atom. The van der Waals surface area contributed by atoms with E-state index in [1.54, 1.807) is 25.3 Å². The SMILES string of the molecule is COc1ccc(CC(=O)NNC(=S)NCc2ccccc2)cc1Cl. The first-order valence-corrected chi connectivity index (χ1v) is 8.06. The van der Waals surface area contributed by atoms with Gasteiger partial charge < -0.3 is 10.1 Å². The van der Waals surface area contributed by atoms with Gasteiger partial charge in [0.1, 0.15) is 5.75 Å². The summed E-state index contributed by atoms with van der Waals surface area (Å²) in [5.41, 5.74) is 7.10. The van der Waals surface area contributed by atoms with Gasteiger partial charge in [0.15, 0.2) is 5.11 Å². The molecule has 0 aliphatic heterocycles. The first-order chi connectivity index (χ1) is 11.6. The van der Waals surface area contributed by atoms with Crippen LogP contribution in [0.2, 0.25) is 5.02 Å². The number of carbonyl (C=O) groups excluding carboxylic acids is 1. The molecule has 1 amide bonds. The van der Waals surface area contributed by atoms with E-state index in [1.807, 2.05) is 30.3 Å². The maximum atomic E-state index is 11.9. The van der Waals surface area contributed by atoms with Gasteiger partial charge in [-0.25, -0.2) is 0 Å². The Balaban J connectivity index is 1.74. The second kappa shape index (κ2) is 9.10. The Kier molecular flexibility index (Phi) is 6.84. The molecule has 0 aromatic heterocycles. The summed E-state index contributed by atoms with van der Waals surface area (Å²) in [7, 11) is 1.54. The molecule has 5 nitrogen and oxygen atoms in total. The van der Waals surface area contributed by atoms with E-state index < -0.39 is 0 Å². The number of hydrogen-bond donors (Lipinski definition) is 3. The van der Waals surface area contributed by atoms with Gasteiger partial charge in [0.05, 0.1) is 18.6 Å². The molecular weight excluding hydrogens is 346 g/mol. The topological polar surface area (TPSA) is 62.4 Å². The largest absolute Gasteiger partial charge is 0.495 e. The van der Waals surface area contributed by atoms with Crippen LogP contribution in [-0.2, 0) is 17.8 Å². The molecule has 2 aromatic rings. The Labute approximate surface area is 151 Å². The zero-order valence-corrected chi connectivity index (χ0v) is 14.7. The molecule has 0 spiro atoms. The van der Waals surface area contributed by atoms with E-state index in [9.17, 15) is 4.79 Å². The summed E-state index contributed by atoms with van der Waals surface area (Å²) in [6, 6.07) is 15.0. The van der Waals surface area contributed by atoms with Crippen molar-refractivity contribution in [3.63, 3.8) is 0 Å². The van der Waals surface area contributed by atoms with Gasteiger partial charge in [0, 0.05) is 6.54 Å². The fourth-order valence-corrected chi connectivity index (χ4v) is 2.40. The summed E-state index contributed by atoms with van der Waals surface area (Å²) >= 11 is 11.2. The molecule has 0 aliphatic rings. The first kappa shape index (κ1) is 18.0. The van der Waals surface area contributed by atoms with Gasteiger partial charge in [0.2, 0.25) is 5.91 Å². The van der Waals surface area contributed by atoms with Crippen molar-refractivity contribution in [3.05, 3.63) is 64.7 Å². The molecule has 24 heavy (non-hydrogen) atoms. The fraction of sp³-hybridized carbons (Fsp3) is 0.176. The first-order valence-electron chi connectivity index (χ1n) is 7.27. The lowest BCUT2D eigenvalue weighted by atomic mass is 10.1. The number of methoxy groups -OCH3 is 1. The number of rotatable bonds is 5. The highest BCUT2D eigenvalue weighted by Crippen LogP contribution is 2.24. The van der Waals surface area contributed by atoms with Gasteiger partial charge in [-0.15, -0.1) is 0 Å². The summed E-state index contributed by atoms with van der Waals surface area (Å²) in [6.07, 6.45) is 0.179. The van der Waals surface area contributed by atoms with Crippen molar-refractivity contribution in [2.45, 2.75) is 13.0 Å². The van der Waals surface area contributed by atoms with Crippen LogP contribution in [0.5, 0.6) is 5.75 Å². The fourth-order valence-electron chi connectivity index (χ4n) is 2.00. The van der Waals surface area contributed by atoms with Crippen LogP contribution in [0, 0.1) is 0 Å². The van der Waals surface area contributed by atoms with Gasteiger partial charge in [-0.05, 0) is 35.5 Å². The van der Waals surface area contributed by atoms with Crippen LogP contribution in [0.4, 0.5) is 0 Å². The number of carbonyl (C=O) groups is 1. The summed E-state index contributed by atoms with van der Waals surface area (Å²) in [4.78, 5) is 11.9. The van der Waals surface area contributed by atoms with Gasteiger partial charge in [-0.3, -0.25) is 15.6 Å². The number of nitrogens with one attached hydrogen (secondary N) is 3. The lowest BCUT2D eigenvalue weighted by Crippen LogP contribution is -2.47. The smallest absolute Gasteiger partial charge is 0.242 e. The maximum Gasteiger partial charge on any atom is 0.242 e. The van der Waals surface area contributed by atoms with Gasteiger partial charge in [0.25, 0.3) is 0 Å². The molecule has 0 saturated carbocycles. The summed E-state index contributed by atoms with van der Waals surface area (Å²) in [5, 5.41) is 3.83. The van der Waals surface area contributed by atoms with E-state index in [0.717, 1.165) is 11.1 Å². The number of hydrogen-bond acceptors (Lipinski definition) is 3. The lowest BCUT2D eigenvalue weighted by Gasteiger charge is -2.12. The summed E-state index contributed by atoms with van der Waals surface area (Å²) in [5.74, 6) is 0.352. The van der Waals surface area contributed by atoms with Crippen molar-refractivity contribution in [1.82, 2.24) is 16.2 Å². The molecular formula is C17H18ClN3O2S. The lowest BCUT2D eigenvalue weighted by molar-refractivity contribution is -0.121. The average Bonchev–Trinajstić information content (AvgIpc) is 2.59. The molecule has 0 saturated heterocycles. The Hall–Kier alpha value is -2.31. The monoisotopic (exact) mass is 363 g/mol. The molecule has 7 heteroatoms. The minimum absolute atomic E-state index is 0.179. The van der Waals surface area contributed by atoms with Crippen LogP contribution in [-0.4, -0.2) is 18.1 Å². The van der Waals surface area contributed by atoms with Crippen LogP contribution in [0.15, 0.2) is 48.5 Å². The molecule has 0 unspecified atom stereocenters. The van der Waals surface area contributed by atoms with Crippen LogP contribution >= 0.6 is 23.8 Å². The van der Waals surface area contributed by atoms with E-state index >= 15 is 0 Å². The second-order valence-corrected chi connectivity index (χ2v) is 5.80. The van der Waals surface area contributed by atoms with Gasteiger partial charge in [-0.2, -0.15) is 0 Å². The number of halogens is 1. The van der Waals surface area contributed by atoms with Crippen LogP contribution < -0.4 is 20.9 Å². The Bertz CT molecular complexity index is 710. The number of amides is 1. The normalized spacial score (nSPS) is 9.92. The molecule has 3 N–H and O–H groups in total. The van der Waals surface area contributed by atoms with E-state index in [4.69, 9.17) is 28.6 Å². The van der Waals surface area contributed by atoms with Crippen molar-refractivity contribution in [1.29, 1.82) is 0 Å². The molecule has 0 aliphatic carbocycles. The molecule has 0 atom stereocenters. The van der Waals surface area contributed by atoms with Crippen molar-refractivity contribution < 1.29 is 9.53 Å². The number of thiocarbonyl (C=S) groups is 1. The molecule has 2 aromatic carbocycles. The second-order valence-electron chi connectivity index (χ2n) is 4.99. The zero-order valence-electron chi connectivity index (χ0n) is 13.1. The Morgan fingerprint density at radius 1 is 1.12 bits per heavy atom. The highest BCUT2D eigenvalue weighted by Gasteiger charge is 2.07. The Morgan fingerprint density at radius 2 is 1.88 bits per heavy atom. The van der Waals surface area contributed by atoms with Crippen molar-refractivity contribution in [2.24, 2.45) is 0 Å². The molecule has 0 radical (unpaired) electrons. The highest BCUT2D eigenvalue weighted by atomic mass is 35.5. The highest BCUT2D eigenvalue weighted by molar-refractivity contribution is 7.80. The zero-order chi connectivity index (χ0) is 17.4. The van der Waals surface area contributed by atoms with E-state index in [2.05, 4.69) is 16.2 Å². The van der Waals surface area contributed by atoms with E-state index in [-0.39, 0.29) is 12.3 Å². The van der Waals surface area contributed by atoms with Crippen molar-refractivity contribution >= 4 is 34.8 Å². The van der Waals surface area contributed by atoms with E-state index in [0.29, 0.717) is 22.4 Å². The van der Waals surface area contributed by atoms with Gasteiger partial charge in [-0.1, -0.05) is 48.0 Å². The third-order valence-corrected chi connectivity index (χ3v) is 3.73. The number of ether oxygens (including phenoxy) is 1. The number of hydrazine groups is 1. The molecule has 2 rings (SSSR count). The minimum atomic E-state index is -0.222. The van der Waals surface area contributed by atoms with Gasteiger partial charge >= 0.3 is 0 Å². The average molecular weight is 364 g/mol. The van der Waals surface area contributed by atoms with Crippen molar-refractivity contribution in [2.75, 3.05) is 7.11 Å². The molecule has 126 valence electrons. The summed E-state index contributed by atoms with van der Waals surface area (Å²) < 4.78 is 5.08. The summed E-state index contributed by atoms with van der Waals surface area (Å²) in [6.45, 7) is 0.580.